The number of amides is 2. The molecule has 1 atom stereocenters. The molecule has 10 heteroatoms. The van der Waals surface area contributed by atoms with E-state index >= 15 is 0 Å². The van der Waals surface area contributed by atoms with Gasteiger partial charge in [0, 0.05) is 6.54 Å². The molecular weight excluding hydrogens is 721 g/mol. The molecular formula is C47H44N2O8. The first-order chi connectivity index (χ1) is 28.0. The van der Waals surface area contributed by atoms with Crippen molar-refractivity contribution in [3.05, 3.63) is 191 Å². The van der Waals surface area contributed by atoms with Gasteiger partial charge in [-0.1, -0.05) is 133 Å². The number of benzene rings is 6. The number of rotatable bonds is 19. The van der Waals surface area contributed by atoms with Gasteiger partial charge in [0.2, 0.25) is 0 Å². The molecule has 0 aliphatic heterocycles. The highest BCUT2D eigenvalue weighted by Crippen LogP contribution is 2.34. The maximum atomic E-state index is 13.9. The molecule has 10 nitrogen and oxygen atoms in total. The Hall–Kier alpha value is -7.07. The number of hydrogen-bond acceptors (Lipinski definition) is 8. The topological polar surface area (TPSA) is 121 Å². The Morgan fingerprint density at radius 2 is 0.860 bits per heavy atom. The second-order valence-electron chi connectivity index (χ2n) is 13.0. The Kier molecular flexibility index (Phi) is 14.3. The highest BCUT2D eigenvalue weighted by atomic mass is 16.5. The molecule has 0 fully saturated rings. The monoisotopic (exact) mass is 764 g/mol. The van der Waals surface area contributed by atoms with Crippen LogP contribution in [0.25, 0.3) is 0 Å². The van der Waals surface area contributed by atoms with Crippen molar-refractivity contribution < 1.29 is 38.1 Å². The summed E-state index contributed by atoms with van der Waals surface area (Å²) in [5, 5.41) is 5.66. The minimum absolute atomic E-state index is 0.0176. The molecule has 6 aromatic carbocycles. The zero-order valence-corrected chi connectivity index (χ0v) is 31.6. The van der Waals surface area contributed by atoms with Gasteiger partial charge < -0.3 is 34.3 Å². The van der Waals surface area contributed by atoms with Gasteiger partial charge in [-0.05, 0) is 52.9 Å². The van der Waals surface area contributed by atoms with E-state index in [2.05, 4.69) is 10.6 Å². The SMILES string of the molecule is COC(=O)[C@H](CCNC(=O)c1cccc(OCc2ccccc2)c1OCc1ccccc1)NC(=O)c1cccc(OCc2ccccc2)c1OCc1ccccc1. The molecule has 0 aromatic heterocycles. The van der Waals surface area contributed by atoms with Crippen molar-refractivity contribution in [2.75, 3.05) is 13.7 Å². The molecule has 0 saturated heterocycles. The van der Waals surface area contributed by atoms with Gasteiger partial charge in [0.25, 0.3) is 11.8 Å². The lowest BCUT2D eigenvalue weighted by molar-refractivity contribution is -0.143. The average Bonchev–Trinajstić information content (AvgIpc) is 3.26. The summed E-state index contributed by atoms with van der Waals surface area (Å²) in [7, 11) is 1.24. The van der Waals surface area contributed by atoms with Crippen LogP contribution in [0.1, 0.15) is 49.4 Å². The highest BCUT2D eigenvalue weighted by molar-refractivity contribution is 6.00. The van der Waals surface area contributed by atoms with Gasteiger partial charge >= 0.3 is 5.97 Å². The zero-order chi connectivity index (χ0) is 39.7. The standard InChI is InChI=1S/C47H44N2O8/c1-53-47(52)40(49-46(51)39-25-15-27-42(55-31-35-18-8-3-9-19-35)44(39)57-33-37-22-12-5-13-23-37)28-29-48-45(50)38-24-14-26-41(54-30-34-16-6-2-7-17-34)43(38)56-32-36-20-10-4-11-21-36/h2-27,40H,28-33H2,1H3,(H,48,50)(H,49,51)/t40-/m0/s1. The van der Waals surface area contributed by atoms with Crippen molar-refractivity contribution in [3.63, 3.8) is 0 Å². The summed E-state index contributed by atoms with van der Waals surface area (Å²) in [5.41, 5.74) is 4.13. The van der Waals surface area contributed by atoms with Crippen LogP contribution in [0.3, 0.4) is 0 Å². The van der Waals surface area contributed by atoms with Gasteiger partial charge in [-0.2, -0.15) is 0 Å². The Morgan fingerprint density at radius 3 is 1.26 bits per heavy atom. The Bertz CT molecular complexity index is 2200. The van der Waals surface area contributed by atoms with Crippen LogP contribution in [0, 0.1) is 0 Å². The third-order valence-corrected chi connectivity index (χ3v) is 8.88. The number of carbonyl (C=O) groups excluding carboxylic acids is 3. The summed E-state index contributed by atoms with van der Waals surface area (Å²) in [4.78, 5) is 40.6. The first-order valence-electron chi connectivity index (χ1n) is 18.6. The predicted octanol–water partition coefficient (Wildman–Crippen LogP) is 8.09. The summed E-state index contributed by atoms with van der Waals surface area (Å²) in [6.07, 6.45) is 0.0267. The van der Waals surface area contributed by atoms with E-state index in [1.807, 2.05) is 121 Å². The fourth-order valence-corrected chi connectivity index (χ4v) is 5.90. The molecule has 0 aliphatic rings. The normalized spacial score (nSPS) is 11.1. The average molecular weight is 765 g/mol. The summed E-state index contributed by atoms with van der Waals surface area (Å²) < 4.78 is 29.8. The Balaban J connectivity index is 1.16. The van der Waals surface area contributed by atoms with Gasteiger partial charge in [0.05, 0.1) is 18.2 Å². The number of methoxy groups -OCH3 is 1. The largest absolute Gasteiger partial charge is 0.485 e. The quantitative estimate of drug-likeness (QED) is 0.0795. The minimum atomic E-state index is -1.10. The van der Waals surface area contributed by atoms with Crippen molar-refractivity contribution in [2.45, 2.75) is 38.9 Å². The van der Waals surface area contributed by atoms with Crippen LogP contribution < -0.4 is 29.6 Å². The number of ether oxygens (including phenoxy) is 5. The number of hydrogen-bond donors (Lipinski definition) is 2. The van der Waals surface area contributed by atoms with Crippen LogP contribution in [0.15, 0.2) is 158 Å². The fraction of sp³-hybridized carbons (Fsp3) is 0.170. The van der Waals surface area contributed by atoms with Crippen LogP contribution in [-0.4, -0.2) is 37.5 Å². The van der Waals surface area contributed by atoms with Crippen LogP contribution in [0.4, 0.5) is 0 Å². The zero-order valence-electron chi connectivity index (χ0n) is 31.6. The number of para-hydroxylation sites is 2. The summed E-state index contributed by atoms with van der Waals surface area (Å²) in [5.74, 6) is -0.423. The van der Waals surface area contributed by atoms with Gasteiger partial charge in [-0.25, -0.2) is 4.79 Å². The first-order valence-corrected chi connectivity index (χ1v) is 18.6. The lowest BCUT2D eigenvalue weighted by atomic mass is 10.1. The molecule has 290 valence electrons. The van der Waals surface area contributed by atoms with Crippen LogP contribution in [0.5, 0.6) is 23.0 Å². The summed E-state index contributed by atoms with van der Waals surface area (Å²) in [6, 6.07) is 47.5. The molecule has 6 aromatic rings. The van der Waals surface area contributed by atoms with Gasteiger partial charge in [-0.15, -0.1) is 0 Å². The fourth-order valence-electron chi connectivity index (χ4n) is 5.90. The predicted molar refractivity (Wildman–Crippen MR) is 216 cm³/mol. The molecule has 0 heterocycles. The lowest BCUT2D eigenvalue weighted by Crippen LogP contribution is -2.43. The van der Waals surface area contributed by atoms with E-state index in [1.165, 1.54) is 7.11 Å². The number of esters is 1. The third kappa shape index (κ3) is 11.5. The first kappa shape index (κ1) is 39.6. The molecule has 0 spiro atoms. The highest BCUT2D eigenvalue weighted by Gasteiger charge is 2.26. The smallest absolute Gasteiger partial charge is 0.328 e. The van der Waals surface area contributed by atoms with E-state index in [0.29, 0.717) is 11.5 Å². The number of carbonyl (C=O) groups is 3. The third-order valence-electron chi connectivity index (χ3n) is 8.88. The minimum Gasteiger partial charge on any atom is -0.485 e. The lowest BCUT2D eigenvalue weighted by Gasteiger charge is -2.20. The van der Waals surface area contributed by atoms with Crippen LogP contribution >= 0.6 is 0 Å². The second-order valence-corrected chi connectivity index (χ2v) is 13.0. The van der Waals surface area contributed by atoms with Crippen LogP contribution in [0.2, 0.25) is 0 Å². The molecule has 2 N–H and O–H groups in total. The van der Waals surface area contributed by atoms with E-state index in [0.717, 1.165) is 22.3 Å². The second kappa shape index (κ2) is 20.6. The molecule has 6 rings (SSSR count). The molecule has 0 unspecified atom stereocenters. The molecule has 0 aliphatic carbocycles. The van der Waals surface area contributed by atoms with E-state index in [1.54, 1.807) is 36.4 Å². The Morgan fingerprint density at radius 1 is 0.474 bits per heavy atom. The van der Waals surface area contributed by atoms with E-state index in [-0.39, 0.29) is 62.0 Å². The number of nitrogens with one attached hydrogen (secondary N) is 2. The molecule has 0 radical (unpaired) electrons. The van der Waals surface area contributed by atoms with Crippen molar-refractivity contribution in [1.82, 2.24) is 10.6 Å². The molecule has 0 bridgehead atoms. The maximum absolute atomic E-state index is 13.9. The van der Waals surface area contributed by atoms with Crippen molar-refractivity contribution in [2.24, 2.45) is 0 Å². The maximum Gasteiger partial charge on any atom is 0.328 e. The summed E-state index contributed by atoms with van der Waals surface area (Å²) in [6.45, 7) is 0.922. The molecule has 57 heavy (non-hydrogen) atoms. The van der Waals surface area contributed by atoms with Crippen molar-refractivity contribution in [3.8, 4) is 23.0 Å². The van der Waals surface area contributed by atoms with Gasteiger partial charge in [0.15, 0.2) is 23.0 Å². The van der Waals surface area contributed by atoms with Gasteiger partial charge in [0.1, 0.15) is 32.5 Å². The van der Waals surface area contributed by atoms with E-state index in [4.69, 9.17) is 23.7 Å². The summed E-state index contributed by atoms with van der Waals surface area (Å²) >= 11 is 0. The van der Waals surface area contributed by atoms with Crippen molar-refractivity contribution >= 4 is 17.8 Å². The van der Waals surface area contributed by atoms with Gasteiger partial charge in [-0.3, -0.25) is 9.59 Å². The Labute approximate surface area is 332 Å². The van der Waals surface area contributed by atoms with Crippen LogP contribution in [-0.2, 0) is 36.0 Å². The van der Waals surface area contributed by atoms with E-state index in [9.17, 15) is 14.4 Å². The molecule has 0 saturated carbocycles. The molecule has 2 amide bonds. The van der Waals surface area contributed by atoms with Crippen molar-refractivity contribution in [1.29, 1.82) is 0 Å². The van der Waals surface area contributed by atoms with E-state index < -0.39 is 23.8 Å².